The summed E-state index contributed by atoms with van der Waals surface area (Å²) < 4.78 is 127. The SMILES string of the molecule is C=C(C)C(=O)OCCC(F)(F)C(F)(F)C(F)(F)C(F)(F)CCOc1ccc2cc(-c3ccccc3)oc2c1. The first kappa shape index (κ1) is 29.0. The number of esters is 1. The van der Waals surface area contributed by atoms with E-state index in [2.05, 4.69) is 11.3 Å². The maximum absolute atomic E-state index is 14.2. The third kappa shape index (κ3) is 5.78. The standard InChI is InChI=1S/C26H22F8O4/c1-16(2)22(35)37-13-11-24(29,30)26(33,34)25(31,32)23(27,28)10-12-36-19-9-8-18-14-20(38-21(18)15-19)17-6-4-3-5-7-17/h3-9,14-15H,1,10-13H2,2H3. The van der Waals surface area contributed by atoms with Crippen molar-refractivity contribution in [1.82, 2.24) is 0 Å². The molecular formula is C26H22F8O4. The van der Waals surface area contributed by atoms with E-state index in [1.165, 1.54) is 18.2 Å². The summed E-state index contributed by atoms with van der Waals surface area (Å²) in [5.41, 5.74) is 0.761. The van der Waals surface area contributed by atoms with Crippen LogP contribution in [0.4, 0.5) is 35.1 Å². The van der Waals surface area contributed by atoms with E-state index in [0.717, 1.165) is 12.5 Å². The molecule has 0 aliphatic rings. The number of halogens is 8. The number of benzene rings is 2. The average Bonchev–Trinajstić information content (AvgIpc) is 3.27. The minimum Gasteiger partial charge on any atom is -0.493 e. The van der Waals surface area contributed by atoms with Gasteiger partial charge in [-0.3, -0.25) is 0 Å². The topological polar surface area (TPSA) is 48.7 Å². The van der Waals surface area contributed by atoms with Crippen molar-refractivity contribution < 1.29 is 53.8 Å². The fourth-order valence-electron chi connectivity index (χ4n) is 3.31. The highest BCUT2D eigenvalue weighted by Crippen LogP contribution is 2.54. The summed E-state index contributed by atoms with van der Waals surface area (Å²) in [7, 11) is 0. The molecule has 0 spiro atoms. The van der Waals surface area contributed by atoms with Gasteiger partial charge in [0.15, 0.2) is 0 Å². The van der Waals surface area contributed by atoms with Crippen molar-refractivity contribution >= 4 is 16.9 Å². The van der Waals surface area contributed by atoms with E-state index in [4.69, 9.17) is 9.15 Å². The van der Waals surface area contributed by atoms with Crippen molar-refractivity contribution in [3.63, 3.8) is 0 Å². The second-order valence-electron chi connectivity index (χ2n) is 8.50. The highest BCUT2D eigenvalue weighted by atomic mass is 19.4. The third-order valence-corrected chi connectivity index (χ3v) is 5.55. The van der Waals surface area contributed by atoms with Crippen LogP contribution in [0, 0.1) is 0 Å². The third-order valence-electron chi connectivity index (χ3n) is 5.55. The normalized spacial score (nSPS) is 13.0. The molecular weight excluding hydrogens is 528 g/mol. The molecule has 2 aromatic carbocycles. The Hall–Kier alpha value is -3.57. The lowest BCUT2D eigenvalue weighted by atomic mass is 9.95. The van der Waals surface area contributed by atoms with Gasteiger partial charge in [-0.25, -0.2) is 4.79 Å². The lowest BCUT2D eigenvalue weighted by Gasteiger charge is -2.36. The maximum Gasteiger partial charge on any atom is 0.378 e. The van der Waals surface area contributed by atoms with Crippen molar-refractivity contribution in [3.05, 3.63) is 66.7 Å². The predicted molar refractivity (Wildman–Crippen MR) is 122 cm³/mol. The molecule has 0 atom stereocenters. The van der Waals surface area contributed by atoms with Crippen LogP contribution in [-0.2, 0) is 9.53 Å². The summed E-state index contributed by atoms with van der Waals surface area (Å²) >= 11 is 0. The minimum absolute atomic E-state index is 0.0954. The molecule has 0 radical (unpaired) electrons. The van der Waals surface area contributed by atoms with Crippen molar-refractivity contribution in [2.24, 2.45) is 0 Å². The number of hydrogen-bond acceptors (Lipinski definition) is 4. The van der Waals surface area contributed by atoms with Gasteiger partial charge < -0.3 is 13.9 Å². The quantitative estimate of drug-likeness (QED) is 0.131. The van der Waals surface area contributed by atoms with E-state index in [-0.39, 0.29) is 16.9 Å². The zero-order valence-electron chi connectivity index (χ0n) is 19.9. The molecule has 3 aromatic rings. The summed E-state index contributed by atoms with van der Waals surface area (Å²) in [5.74, 6) is -25.0. The smallest absolute Gasteiger partial charge is 0.378 e. The van der Waals surface area contributed by atoms with Crippen molar-refractivity contribution in [1.29, 1.82) is 0 Å². The van der Waals surface area contributed by atoms with Gasteiger partial charge in [0.25, 0.3) is 0 Å². The number of alkyl halides is 8. The highest BCUT2D eigenvalue weighted by molar-refractivity contribution is 5.87. The van der Waals surface area contributed by atoms with Crippen LogP contribution in [0.1, 0.15) is 19.8 Å². The van der Waals surface area contributed by atoms with Crippen molar-refractivity contribution in [2.75, 3.05) is 13.2 Å². The first-order chi connectivity index (χ1) is 17.6. The van der Waals surface area contributed by atoms with Gasteiger partial charge in [-0.1, -0.05) is 36.9 Å². The van der Waals surface area contributed by atoms with E-state index < -0.39 is 55.7 Å². The van der Waals surface area contributed by atoms with E-state index >= 15 is 0 Å². The fourth-order valence-corrected chi connectivity index (χ4v) is 3.31. The molecule has 3 rings (SSSR count). The maximum atomic E-state index is 14.2. The van der Waals surface area contributed by atoms with E-state index in [9.17, 15) is 39.9 Å². The van der Waals surface area contributed by atoms with Gasteiger partial charge >= 0.3 is 29.7 Å². The molecule has 206 valence electrons. The monoisotopic (exact) mass is 550 g/mol. The lowest BCUT2D eigenvalue weighted by Crippen LogP contribution is -2.62. The van der Waals surface area contributed by atoms with Crippen LogP contribution in [0.25, 0.3) is 22.3 Å². The van der Waals surface area contributed by atoms with Gasteiger partial charge in [0.05, 0.1) is 26.1 Å². The first-order valence-corrected chi connectivity index (χ1v) is 11.1. The van der Waals surface area contributed by atoms with E-state index in [1.807, 2.05) is 0 Å². The number of carbonyl (C=O) groups is 1. The van der Waals surface area contributed by atoms with Gasteiger partial charge in [0, 0.05) is 22.6 Å². The van der Waals surface area contributed by atoms with Gasteiger partial charge in [0.2, 0.25) is 0 Å². The number of fused-ring (bicyclic) bond motifs is 1. The van der Waals surface area contributed by atoms with Crippen LogP contribution in [0.2, 0.25) is 0 Å². The lowest BCUT2D eigenvalue weighted by molar-refractivity contribution is -0.368. The van der Waals surface area contributed by atoms with Crippen molar-refractivity contribution in [3.8, 4) is 17.1 Å². The Morgan fingerprint density at radius 2 is 1.42 bits per heavy atom. The Morgan fingerprint density at radius 3 is 2.00 bits per heavy atom. The van der Waals surface area contributed by atoms with E-state index in [0.29, 0.717) is 11.1 Å². The van der Waals surface area contributed by atoms with Gasteiger partial charge in [-0.15, -0.1) is 0 Å². The Kier molecular flexibility index (Phi) is 8.13. The van der Waals surface area contributed by atoms with Crippen LogP contribution in [0.5, 0.6) is 5.75 Å². The fraction of sp³-hybridized carbons (Fsp3) is 0.346. The molecule has 0 saturated carbocycles. The van der Waals surface area contributed by atoms with Crippen LogP contribution in [-0.4, -0.2) is 42.9 Å². The minimum atomic E-state index is -6.47. The zero-order chi connectivity index (χ0) is 28.4. The second-order valence-corrected chi connectivity index (χ2v) is 8.50. The van der Waals surface area contributed by atoms with E-state index in [1.54, 1.807) is 36.4 Å². The molecule has 0 bridgehead atoms. The summed E-state index contributed by atoms with van der Waals surface area (Å²) in [6, 6.07) is 14.7. The number of furan rings is 1. The van der Waals surface area contributed by atoms with Crippen LogP contribution in [0.3, 0.4) is 0 Å². The van der Waals surface area contributed by atoms with Crippen LogP contribution >= 0.6 is 0 Å². The molecule has 12 heteroatoms. The highest BCUT2D eigenvalue weighted by Gasteiger charge is 2.79. The van der Waals surface area contributed by atoms with Gasteiger partial charge in [-0.05, 0) is 25.1 Å². The van der Waals surface area contributed by atoms with Crippen LogP contribution in [0.15, 0.2) is 71.2 Å². The molecule has 38 heavy (non-hydrogen) atoms. The second kappa shape index (κ2) is 10.7. The largest absolute Gasteiger partial charge is 0.493 e. The molecule has 4 nitrogen and oxygen atoms in total. The summed E-state index contributed by atoms with van der Waals surface area (Å²) in [4.78, 5) is 11.2. The Bertz CT molecular complexity index is 1280. The molecule has 0 aliphatic carbocycles. The zero-order valence-corrected chi connectivity index (χ0v) is 19.9. The Morgan fingerprint density at radius 1 is 0.842 bits per heavy atom. The number of rotatable bonds is 12. The number of hydrogen-bond donors (Lipinski definition) is 0. The van der Waals surface area contributed by atoms with Gasteiger partial charge in [0.1, 0.15) is 17.1 Å². The molecule has 1 aromatic heterocycles. The Labute approximate surface area is 211 Å². The van der Waals surface area contributed by atoms with Crippen molar-refractivity contribution in [2.45, 2.75) is 43.5 Å². The molecule has 0 N–H and O–H groups in total. The van der Waals surface area contributed by atoms with Gasteiger partial charge in [-0.2, -0.15) is 35.1 Å². The Balaban J connectivity index is 1.65. The average molecular weight is 550 g/mol. The summed E-state index contributed by atoms with van der Waals surface area (Å²) in [5, 5.41) is 0.615. The summed E-state index contributed by atoms with van der Waals surface area (Å²) in [6.07, 6.45) is -4.11. The molecule has 0 amide bonds. The predicted octanol–water partition coefficient (Wildman–Crippen LogP) is 7.92. The first-order valence-electron chi connectivity index (χ1n) is 11.1. The number of carbonyl (C=O) groups excluding carboxylic acids is 1. The number of ether oxygens (including phenoxy) is 2. The van der Waals surface area contributed by atoms with Crippen LogP contribution < -0.4 is 4.74 Å². The molecule has 0 saturated heterocycles. The molecule has 1 heterocycles. The molecule has 0 aliphatic heterocycles. The molecule has 0 unspecified atom stereocenters. The molecule has 0 fully saturated rings. The summed E-state index contributed by atoms with van der Waals surface area (Å²) in [6.45, 7) is 1.64.